The van der Waals surface area contributed by atoms with Crippen molar-refractivity contribution in [2.75, 3.05) is 16.4 Å². The van der Waals surface area contributed by atoms with Crippen molar-refractivity contribution in [2.24, 2.45) is 0 Å². The van der Waals surface area contributed by atoms with Gasteiger partial charge in [-0.1, -0.05) is 22.0 Å². The van der Waals surface area contributed by atoms with Crippen molar-refractivity contribution in [2.45, 2.75) is 26.0 Å². The zero-order valence-electron chi connectivity index (χ0n) is 14.4. The first-order valence-electron chi connectivity index (χ1n) is 7.90. The molecule has 132 valence electrons. The number of hydrogen-bond donors (Lipinski definition) is 2. The van der Waals surface area contributed by atoms with E-state index in [-0.39, 0.29) is 22.8 Å². The Morgan fingerprint density at radius 3 is 2.28 bits per heavy atom. The third kappa shape index (κ3) is 6.21. The number of thioether (sulfide) groups is 1. The van der Waals surface area contributed by atoms with E-state index < -0.39 is 0 Å². The largest absolute Gasteiger partial charge is 0.325 e. The fraction of sp³-hybridized carbons (Fsp3) is 0.263. The molecule has 0 fully saturated rings. The number of anilines is 2. The van der Waals surface area contributed by atoms with Gasteiger partial charge in [-0.15, -0.1) is 11.8 Å². The Morgan fingerprint density at radius 2 is 1.64 bits per heavy atom. The average Bonchev–Trinajstić information content (AvgIpc) is 2.58. The minimum Gasteiger partial charge on any atom is -0.325 e. The molecule has 1 unspecified atom stereocenters. The summed E-state index contributed by atoms with van der Waals surface area (Å²) < 4.78 is 0.955. The van der Waals surface area contributed by atoms with Crippen molar-refractivity contribution in [1.82, 2.24) is 0 Å². The molecular weight excluding hydrogens is 400 g/mol. The molecule has 0 aliphatic heterocycles. The molecule has 0 heterocycles. The van der Waals surface area contributed by atoms with Crippen LogP contribution in [-0.2, 0) is 9.59 Å². The number of hydrogen-bond acceptors (Lipinski definition) is 3. The van der Waals surface area contributed by atoms with Crippen LogP contribution >= 0.6 is 27.7 Å². The van der Waals surface area contributed by atoms with Crippen LogP contribution in [0.5, 0.6) is 0 Å². The summed E-state index contributed by atoms with van der Waals surface area (Å²) in [4.78, 5) is 24.2. The molecule has 0 aliphatic carbocycles. The van der Waals surface area contributed by atoms with Crippen molar-refractivity contribution < 1.29 is 9.59 Å². The van der Waals surface area contributed by atoms with Gasteiger partial charge in [0.15, 0.2) is 0 Å². The fourth-order valence-electron chi connectivity index (χ4n) is 2.07. The predicted molar refractivity (Wildman–Crippen MR) is 109 cm³/mol. The van der Waals surface area contributed by atoms with Gasteiger partial charge in [0, 0.05) is 15.8 Å². The van der Waals surface area contributed by atoms with E-state index in [0.29, 0.717) is 0 Å². The molecule has 0 bridgehead atoms. The highest BCUT2D eigenvalue weighted by molar-refractivity contribution is 9.10. The highest BCUT2D eigenvalue weighted by Gasteiger charge is 2.15. The maximum absolute atomic E-state index is 12.2. The van der Waals surface area contributed by atoms with E-state index in [9.17, 15) is 9.59 Å². The van der Waals surface area contributed by atoms with Crippen LogP contribution in [0.25, 0.3) is 0 Å². The number of rotatable bonds is 6. The van der Waals surface area contributed by atoms with Gasteiger partial charge in [0.1, 0.15) is 0 Å². The first-order valence-corrected chi connectivity index (χ1v) is 9.74. The lowest BCUT2D eigenvalue weighted by molar-refractivity contribution is -0.115. The van der Waals surface area contributed by atoms with Crippen LogP contribution in [0.3, 0.4) is 0 Å². The van der Waals surface area contributed by atoms with Crippen LogP contribution in [0.4, 0.5) is 11.4 Å². The van der Waals surface area contributed by atoms with E-state index in [1.54, 1.807) is 6.92 Å². The van der Waals surface area contributed by atoms with Crippen LogP contribution in [0, 0.1) is 13.8 Å². The maximum Gasteiger partial charge on any atom is 0.237 e. The van der Waals surface area contributed by atoms with Gasteiger partial charge in [-0.25, -0.2) is 0 Å². The van der Waals surface area contributed by atoms with Crippen LogP contribution in [0.2, 0.25) is 0 Å². The molecule has 6 heteroatoms. The van der Waals surface area contributed by atoms with Crippen molar-refractivity contribution in [1.29, 1.82) is 0 Å². The van der Waals surface area contributed by atoms with Gasteiger partial charge in [-0.05, 0) is 68.3 Å². The van der Waals surface area contributed by atoms with Crippen molar-refractivity contribution in [3.05, 3.63) is 58.1 Å². The molecule has 1 atom stereocenters. The van der Waals surface area contributed by atoms with Crippen LogP contribution in [-0.4, -0.2) is 22.8 Å². The third-order valence-electron chi connectivity index (χ3n) is 3.74. The summed E-state index contributed by atoms with van der Waals surface area (Å²) in [7, 11) is 0. The summed E-state index contributed by atoms with van der Waals surface area (Å²) in [6.45, 7) is 5.83. The normalized spacial score (nSPS) is 11.7. The zero-order valence-corrected chi connectivity index (χ0v) is 16.8. The number of carbonyl (C=O) groups is 2. The number of halogens is 1. The summed E-state index contributed by atoms with van der Waals surface area (Å²) >= 11 is 4.66. The number of carbonyl (C=O) groups excluding carboxylic acids is 2. The van der Waals surface area contributed by atoms with Crippen molar-refractivity contribution in [3.63, 3.8) is 0 Å². The molecule has 0 spiro atoms. The Morgan fingerprint density at radius 1 is 1.00 bits per heavy atom. The van der Waals surface area contributed by atoms with Gasteiger partial charge in [-0.2, -0.15) is 0 Å². The Hall–Kier alpha value is -1.79. The Bertz CT molecular complexity index is 763. The summed E-state index contributed by atoms with van der Waals surface area (Å²) in [5.41, 5.74) is 3.83. The molecule has 0 saturated carbocycles. The second-order valence-corrected chi connectivity index (χ2v) is 8.04. The van der Waals surface area contributed by atoms with E-state index >= 15 is 0 Å². The van der Waals surface area contributed by atoms with Crippen LogP contribution in [0.1, 0.15) is 18.1 Å². The van der Waals surface area contributed by atoms with E-state index in [1.807, 2.05) is 56.3 Å². The average molecular weight is 421 g/mol. The van der Waals surface area contributed by atoms with Gasteiger partial charge in [-0.3, -0.25) is 9.59 Å². The van der Waals surface area contributed by atoms with Crippen molar-refractivity contribution >= 4 is 50.9 Å². The van der Waals surface area contributed by atoms with Gasteiger partial charge in [0.25, 0.3) is 0 Å². The van der Waals surface area contributed by atoms with E-state index in [0.717, 1.165) is 21.4 Å². The standard InChI is InChI=1S/C19H21BrN2O2S/c1-12-4-7-17(10-13(12)2)21-18(23)11-25-14(3)19(24)22-16-8-5-15(20)6-9-16/h4-10,14H,11H2,1-3H3,(H,21,23)(H,22,24). The quantitative estimate of drug-likeness (QED) is 0.707. The summed E-state index contributed by atoms with van der Waals surface area (Å²) in [6.07, 6.45) is 0. The van der Waals surface area contributed by atoms with Crippen LogP contribution in [0.15, 0.2) is 46.9 Å². The minimum atomic E-state index is -0.325. The third-order valence-corrected chi connectivity index (χ3v) is 5.41. The molecule has 0 aromatic heterocycles. The molecule has 2 rings (SSSR count). The van der Waals surface area contributed by atoms with Gasteiger partial charge >= 0.3 is 0 Å². The molecule has 4 nitrogen and oxygen atoms in total. The smallest absolute Gasteiger partial charge is 0.237 e. The lowest BCUT2D eigenvalue weighted by atomic mass is 10.1. The SMILES string of the molecule is Cc1ccc(NC(=O)CSC(C)C(=O)Nc2ccc(Br)cc2)cc1C. The molecule has 2 aromatic rings. The lowest BCUT2D eigenvalue weighted by Crippen LogP contribution is -2.25. The second-order valence-electron chi connectivity index (χ2n) is 5.80. The molecule has 0 radical (unpaired) electrons. The van der Waals surface area contributed by atoms with Crippen LogP contribution < -0.4 is 10.6 Å². The van der Waals surface area contributed by atoms with Gasteiger partial charge < -0.3 is 10.6 Å². The first-order chi connectivity index (χ1) is 11.8. The topological polar surface area (TPSA) is 58.2 Å². The summed E-state index contributed by atoms with van der Waals surface area (Å²) in [5, 5.41) is 5.38. The monoisotopic (exact) mass is 420 g/mol. The van der Waals surface area contributed by atoms with E-state index in [2.05, 4.69) is 26.6 Å². The molecule has 25 heavy (non-hydrogen) atoms. The minimum absolute atomic E-state index is 0.114. The molecule has 2 aromatic carbocycles. The highest BCUT2D eigenvalue weighted by atomic mass is 79.9. The summed E-state index contributed by atoms with van der Waals surface area (Å²) in [5.74, 6) is -0.00942. The Kier molecular flexibility index (Phi) is 7.08. The van der Waals surface area contributed by atoms with Crippen molar-refractivity contribution in [3.8, 4) is 0 Å². The number of benzene rings is 2. The van der Waals surface area contributed by atoms with E-state index in [4.69, 9.17) is 0 Å². The molecular formula is C19H21BrN2O2S. The fourth-order valence-corrected chi connectivity index (χ4v) is 3.02. The summed E-state index contributed by atoms with van der Waals surface area (Å²) in [6, 6.07) is 13.2. The first kappa shape index (κ1) is 19.5. The molecule has 0 aliphatic rings. The second kappa shape index (κ2) is 9.06. The number of aryl methyl sites for hydroxylation is 2. The van der Waals surface area contributed by atoms with E-state index in [1.165, 1.54) is 17.3 Å². The number of amides is 2. The Balaban J connectivity index is 1.80. The number of nitrogens with one attached hydrogen (secondary N) is 2. The predicted octanol–water partition coefficient (Wildman–Crippen LogP) is 4.76. The maximum atomic E-state index is 12.2. The lowest BCUT2D eigenvalue weighted by Gasteiger charge is -2.12. The molecule has 2 amide bonds. The molecule has 2 N–H and O–H groups in total. The zero-order chi connectivity index (χ0) is 18.4. The van der Waals surface area contributed by atoms with Gasteiger partial charge in [0.05, 0.1) is 11.0 Å². The molecule has 0 saturated heterocycles. The van der Waals surface area contributed by atoms with Gasteiger partial charge in [0.2, 0.25) is 11.8 Å². The highest BCUT2D eigenvalue weighted by Crippen LogP contribution is 2.18. The Labute approximate surface area is 160 Å².